The molecule has 0 aromatic heterocycles. The van der Waals surface area contributed by atoms with E-state index in [1.165, 1.54) is 34.4 Å². The van der Waals surface area contributed by atoms with Gasteiger partial charge >= 0.3 is 6.36 Å². The van der Waals surface area contributed by atoms with E-state index in [1.54, 1.807) is 24.3 Å². The molecule has 0 saturated carbocycles. The number of nitrogens with one attached hydrogen (secondary N) is 2. The number of amides is 1. The summed E-state index contributed by atoms with van der Waals surface area (Å²) in [6, 6.07) is 25.0. The van der Waals surface area contributed by atoms with Crippen molar-refractivity contribution in [1.29, 1.82) is 0 Å². The number of rotatable bonds is 14. The summed E-state index contributed by atoms with van der Waals surface area (Å²) < 4.78 is 42.6. The highest BCUT2D eigenvalue weighted by Crippen LogP contribution is 2.39. The minimum absolute atomic E-state index is 0.212. The Bertz CT molecular complexity index is 1580. The lowest BCUT2D eigenvalue weighted by Crippen LogP contribution is -2.24. The van der Waals surface area contributed by atoms with Crippen LogP contribution in [0.1, 0.15) is 76.4 Å². The van der Waals surface area contributed by atoms with Gasteiger partial charge in [-0.15, -0.1) is 13.2 Å². The Morgan fingerprint density at radius 1 is 0.870 bits per heavy atom. The monoisotopic (exact) mass is 632 g/mol. The number of hydrogen-bond acceptors (Lipinski definition) is 5. The lowest BCUT2D eigenvalue weighted by Gasteiger charge is -2.28. The van der Waals surface area contributed by atoms with Gasteiger partial charge in [-0.1, -0.05) is 67.4 Å². The van der Waals surface area contributed by atoms with Gasteiger partial charge in [-0.05, 0) is 97.0 Å². The molecule has 0 fully saturated rings. The smallest absolute Gasteiger partial charge is 0.406 e. The molecule has 0 bridgehead atoms. The van der Waals surface area contributed by atoms with Gasteiger partial charge in [0.2, 0.25) is 0 Å². The first-order chi connectivity index (χ1) is 22.0. The molecule has 46 heavy (non-hydrogen) atoms. The Morgan fingerprint density at radius 2 is 1.48 bits per heavy atom. The van der Waals surface area contributed by atoms with E-state index in [-0.39, 0.29) is 30.5 Å². The van der Waals surface area contributed by atoms with E-state index in [0.29, 0.717) is 23.2 Å². The highest BCUT2D eigenvalue weighted by Gasteiger charge is 2.32. The van der Waals surface area contributed by atoms with Crippen LogP contribution in [0.15, 0.2) is 84.9 Å². The zero-order chi connectivity index (χ0) is 33.3. The van der Waals surface area contributed by atoms with Crippen molar-refractivity contribution in [3.8, 4) is 16.9 Å². The number of benzene rings is 4. The summed E-state index contributed by atoms with van der Waals surface area (Å²) in [5, 5.41) is 2.71. The quantitative estimate of drug-likeness (QED) is 0.0824. The van der Waals surface area contributed by atoms with Crippen LogP contribution >= 0.6 is 0 Å². The van der Waals surface area contributed by atoms with Crippen LogP contribution in [-0.4, -0.2) is 25.1 Å². The average molecular weight is 633 g/mol. The first-order valence-electron chi connectivity index (χ1n) is 15.3. The van der Waals surface area contributed by atoms with Crippen molar-refractivity contribution in [2.45, 2.75) is 65.3 Å². The van der Waals surface area contributed by atoms with Gasteiger partial charge in [0.1, 0.15) is 18.1 Å². The molecule has 0 heterocycles. The molecule has 0 aliphatic rings. The number of aldehydes is 1. The summed E-state index contributed by atoms with van der Waals surface area (Å²) in [6.45, 7) is 8.57. The fourth-order valence-electron chi connectivity index (χ4n) is 5.75. The van der Waals surface area contributed by atoms with Gasteiger partial charge in [0.15, 0.2) is 0 Å². The second-order valence-electron chi connectivity index (χ2n) is 11.3. The zero-order valence-electron chi connectivity index (χ0n) is 26.4. The number of carbonyl (C=O) groups is 2. The van der Waals surface area contributed by atoms with Crippen LogP contribution in [-0.2, 0) is 9.63 Å². The molecule has 2 unspecified atom stereocenters. The fraction of sp³-hybridized carbons (Fsp3) is 0.297. The Morgan fingerprint density at radius 3 is 2.04 bits per heavy atom. The van der Waals surface area contributed by atoms with Crippen molar-refractivity contribution in [3.63, 3.8) is 0 Å². The minimum Gasteiger partial charge on any atom is -0.406 e. The van der Waals surface area contributed by atoms with E-state index < -0.39 is 12.5 Å². The molecule has 242 valence electrons. The van der Waals surface area contributed by atoms with E-state index in [0.717, 1.165) is 23.8 Å². The lowest BCUT2D eigenvalue weighted by molar-refractivity contribution is -0.274. The molecule has 0 aliphatic carbocycles. The van der Waals surface area contributed by atoms with E-state index in [4.69, 9.17) is 4.84 Å². The van der Waals surface area contributed by atoms with E-state index in [9.17, 15) is 22.8 Å². The summed E-state index contributed by atoms with van der Waals surface area (Å²) in [5.74, 6) is -0.817. The van der Waals surface area contributed by atoms with Crippen molar-refractivity contribution >= 4 is 17.9 Å². The summed E-state index contributed by atoms with van der Waals surface area (Å²) in [4.78, 5) is 29.4. The Kier molecular flexibility index (Phi) is 11.6. The maximum atomic E-state index is 12.8. The SMILES string of the molecule is CCCC(c1ccc(C(=O)NCCC=O)cc1)C(ONc1ccc(-c2c(C)cc(C)cc2C)cc1)c1ccc(OC(F)(F)F)cc1. The number of anilines is 1. The molecule has 4 aromatic carbocycles. The molecule has 1 amide bonds. The molecule has 6 nitrogen and oxygen atoms in total. The molecule has 9 heteroatoms. The van der Waals surface area contributed by atoms with E-state index >= 15 is 0 Å². The largest absolute Gasteiger partial charge is 0.573 e. The lowest BCUT2D eigenvalue weighted by atomic mass is 9.85. The number of aryl methyl sites for hydroxylation is 3. The third kappa shape index (κ3) is 9.20. The van der Waals surface area contributed by atoms with Gasteiger partial charge in [-0.3, -0.25) is 15.1 Å². The number of alkyl halides is 3. The highest BCUT2D eigenvalue weighted by molar-refractivity contribution is 5.94. The molecule has 4 aromatic rings. The number of halogens is 3. The van der Waals surface area contributed by atoms with Gasteiger partial charge in [0.25, 0.3) is 5.91 Å². The molecular weight excluding hydrogens is 593 g/mol. The van der Waals surface area contributed by atoms with Crippen LogP contribution in [0.25, 0.3) is 11.1 Å². The predicted molar refractivity (Wildman–Crippen MR) is 174 cm³/mol. The number of ether oxygens (including phenoxy) is 1. The Labute approximate surface area is 267 Å². The van der Waals surface area contributed by atoms with Gasteiger partial charge < -0.3 is 14.8 Å². The van der Waals surface area contributed by atoms with Crippen molar-refractivity contribution in [2.75, 3.05) is 12.0 Å². The average Bonchev–Trinajstić information content (AvgIpc) is 3.01. The fourth-order valence-corrected chi connectivity index (χ4v) is 5.75. The zero-order valence-corrected chi connectivity index (χ0v) is 26.4. The molecule has 0 spiro atoms. The normalized spacial score (nSPS) is 12.7. The molecule has 0 radical (unpaired) electrons. The summed E-state index contributed by atoms with van der Waals surface area (Å²) in [6.07, 6.45) is -2.93. The molecular formula is C37H39F3N2O4. The second kappa shape index (κ2) is 15.6. The van der Waals surface area contributed by atoms with Crippen LogP contribution in [0.4, 0.5) is 18.9 Å². The van der Waals surface area contributed by atoms with E-state index in [2.05, 4.69) is 48.4 Å². The summed E-state index contributed by atoms with van der Waals surface area (Å²) >= 11 is 0. The molecule has 0 aliphatic heterocycles. The third-order valence-corrected chi connectivity index (χ3v) is 7.71. The van der Waals surface area contributed by atoms with Crippen molar-refractivity contribution in [2.24, 2.45) is 0 Å². The number of hydrogen-bond donors (Lipinski definition) is 2. The van der Waals surface area contributed by atoms with Gasteiger partial charge in [-0.2, -0.15) is 0 Å². The molecule has 4 rings (SSSR count). The van der Waals surface area contributed by atoms with Crippen LogP contribution in [0.3, 0.4) is 0 Å². The van der Waals surface area contributed by atoms with Gasteiger partial charge in [-0.25, -0.2) is 0 Å². The summed E-state index contributed by atoms with van der Waals surface area (Å²) in [5.41, 5.74) is 11.7. The van der Waals surface area contributed by atoms with Crippen LogP contribution in [0.2, 0.25) is 0 Å². The maximum absolute atomic E-state index is 12.8. The Balaban J connectivity index is 1.61. The second-order valence-corrected chi connectivity index (χ2v) is 11.3. The highest BCUT2D eigenvalue weighted by atomic mass is 19.4. The maximum Gasteiger partial charge on any atom is 0.573 e. The van der Waals surface area contributed by atoms with Crippen molar-refractivity contribution in [3.05, 3.63) is 118 Å². The van der Waals surface area contributed by atoms with Crippen molar-refractivity contribution < 1.29 is 32.3 Å². The molecule has 0 saturated heterocycles. The van der Waals surface area contributed by atoms with Crippen molar-refractivity contribution in [1.82, 2.24) is 5.32 Å². The van der Waals surface area contributed by atoms with Crippen LogP contribution in [0, 0.1) is 20.8 Å². The minimum atomic E-state index is -4.80. The Hall–Kier alpha value is -4.63. The third-order valence-electron chi connectivity index (χ3n) is 7.71. The standard InChI is InChI=1S/C37H39F3N2O4/c1-5-7-33(27-8-10-30(11-9-27)36(44)41-20-6-21-43)35(29-14-18-32(19-15-29)45-37(38,39)40)46-42-31-16-12-28(13-17-31)34-25(3)22-24(2)23-26(34)4/h8-19,21-23,33,35,42H,5-7,20H2,1-4H3,(H,41,44). The topological polar surface area (TPSA) is 76.7 Å². The van der Waals surface area contributed by atoms with Crippen LogP contribution in [0.5, 0.6) is 5.75 Å². The first-order valence-corrected chi connectivity index (χ1v) is 15.3. The predicted octanol–water partition coefficient (Wildman–Crippen LogP) is 9.16. The van der Waals surface area contributed by atoms with Gasteiger partial charge in [0, 0.05) is 24.4 Å². The molecule has 2 N–H and O–H groups in total. The first kappa shape index (κ1) is 34.2. The van der Waals surface area contributed by atoms with Gasteiger partial charge in [0.05, 0.1) is 5.69 Å². The molecule has 2 atom stereocenters. The van der Waals surface area contributed by atoms with E-state index in [1.807, 2.05) is 43.3 Å². The number of carbonyl (C=O) groups excluding carboxylic acids is 2. The summed E-state index contributed by atoms with van der Waals surface area (Å²) in [7, 11) is 0. The van der Waals surface area contributed by atoms with Crippen LogP contribution < -0.4 is 15.5 Å².